The molecule has 0 aliphatic heterocycles. The van der Waals surface area contributed by atoms with Gasteiger partial charge in [0.15, 0.2) is 9.84 Å². The van der Waals surface area contributed by atoms with Crippen LogP contribution in [0.3, 0.4) is 0 Å². The molecule has 2 amide bonds. The molecule has 2 N–H and O–H groups in total. The second-order valence-corrected chi connectivity index (χ2v) is 14.3. The number of sulfone groups is 1. The third-order valence-electron chi connectivity index (χ3n) is 8.13. The fraction of sp³-hybridized carbons (Fsp3) is 0.562. The number of hydrogen-bond donors (Lipinski definition) is 2. The lowest BCUT2D eigenvalue weighted by molar-refractivity contribution is -0.137. The molecule has 0 saturated heterocycles. The van der Waals surface area contributed by atoms with Crippen molar-refractivity contribution in [2.75, 3.05) is 31.6 Å². The number of carbonyl (C=O) groups is 2. The van der Waals surface area contributed by atoms with Gasteiger partial charge >= 0.3 is 6.18 Å². The fourth-order valence-corrected chi connectivity index (χ4v) is 7.75. The third-order valence-corrected chi connectivity index (χ3v) is 10.7. The van der Waals surface area contributed by atoms with Gasteiger partial charge in [-0.2, -0.15) is 13.2 Å². The van der Waals surface area contributed by atoms with E-state index in [2.05, 4.69) is 29.4 Å². The van der Waals surface area contributed by atoms with Crippen molar-refractivity contribution >= 4 is 33.4 Å². The maximum Gasteiger partial charge on any atom is 0.416 e. The zero-order valence-corrected chi connectivity index (χ0v) is 27.3. The first kappa shape index (κ1) is 35.9. The van der Waals surface area contributed by atoms with Crippen LogP contribution in [0.25, 0.3) is 0 Å². The Morgan fingerprint density at radius 1 is 1.00 bits per heavy atom. The van der Waals surface area contributed by atoms with Crippen LogP contribution >= 0.6 is 11.8 Å². The molecule has 7 nitrogen and oxygen atoms in total. The SMILES string of the molecule is CCCCN(CCCC)[C@H]1CC[C@H](NC(=O)CNC(=O)c2cccc(C(F)(F)F)c2)[C@@H](CS(=O)(=O)c2ccc(SC)cc2)C1. The second kappa shape index (κ2) is 16.7. The van der Waals surface area contributed by atoms with Crippen LogP contribution in [-0.2, 0) is 20.8 Å². The van der Waals surface area contributed by atoms with Crippen LogP contribution in [0.1, 0.15) is 74.7 Å². The van der Waals surface area contributed by atoms with E-state index >= 15 is 0 Å². The average molecular weight is 656 g/mol. The summed E-state index contributed by atoms with van der Waals surface area (Å²) in [5.41, 5.74) is -1.16. The van der Waals surface area contributed by atoms with Gasteiger partial charge in [-0.15, -0.1) is 11.8 Å². The standard InChI is InChI=1S/C32H44F3N3O4S2/c1-4-6-17-38(18-7-5-2)26-11-16-29(24(20-26)22-44(41,42)28-14-12-27(43-3)13-15-28)37-30(39)21-36-31(40)23-9-8-10-25(19-23)32(33,34)35/h8-10,12-15,19,24,26,29H,4-7,11,16-18,20-22H2,1-3H3,(H,36,40)(H,37,39)/t24-,26+,29+/m1/s1. The van der Waals surface area contributed by atoms with Crippen molar-refractivity contribution in [2.45, 2.75) is 86.8 Å². The molecule has 3 atom stereocenters. The van der Waals surface area contributed by atoms with Gasteiger partial charge in [0.05, 0.1) is 22.8 Å². The van der Waals surface area contributed by atoms with Crippen molar-refractivity contribution in [3.8, 4) is 0 Å². The summed E-state index contributed by atoms with van der Waals surface area (Å²) in [5, 5.41) is 5.32. The molecule has 2 aromatic carbocycles. The van der Waals surface area contributed by atoms with Crippen molar-refractivity contribution in [1.82, 2.24) is 15.5 Å². The van der Waals surface area contributed by atoms with E-state index < -0.39 is 46.0 Å². The number of halogens is 3. The van der Waals surface area contributed by atoms with E-state index in [4.69, 9.17) is 0 Å². The number of nitrogens with zero attached hydrogens (tertiary/aromatic N) is 1. The lowest BCUT2D eigenvalue weighted by atomic mass is 9.81. The Morgan fingerprint density at radius 2 is 1.66 bits per heavy atom. The van der Waals surface area contributed by atoms with Gasteiger partial charge in [0, 0.05) is 22.5 Å². The number of carbonyl (C=O) groups excluding carboxylic acids is 2. The monoisotopic (exact) mass is 655 g/mol. The molecular weight excluding hydrogens is 611 g/mol. The summed E-state index contributed by atoms with van der Waals surface area (Å²) in [7, 11) is -3.66. The van der Waals surface area contributed by atoms with Crippen LogP contribution in [-0.4, -0.2) is 68.9 Å². The Hall–Kier alpha value is -2.57. The van der Waals surface area contributed by atoms with Gasteiger partial charge in [-0.25, -0.2) is 8.42 Å². The largest absolute Gasteiger partial charge is 0.416 e. The summed E-state index contributed by atoms with van der Waals surface area (Å²) >= 11 is 1.53. The van der Waals surface area contributed by atoms with Gasteiger partial charge in [0.2, 0.25) is 5.91 Å². The van der Waals surface area contributed by atoms with E-state index in [9.17, 15) is 31.2 Å². The molecule has 0 spiro atoms. The van der Waals surface area contributed by atoms with Crippen LogP contribution in [0.5, 0.6) is 0 Å². The molecule has 244 valence electrons. The Labute approximate surface area is 263 Å². The predicted molar refractivity (Wildman–Crippen MR) is 169 cm³/mol. The molecule has 2 aromatic rings. The second-order valence-electron chi connectivity index (χ2n) is 11.4. The molecule has 0 aromatic heterocycles. The number of thioether (sulfide) groups is 1. The van der Waals surface area contributed by atoms with Crippen LogP contribution in [0.15, 0.2) is 58.3 Å². The third kappa shape index (κ3) is 10.5. The zero-order chi connectivity index (χ0) is 32.3. The highest BCUT2D eigenvalue weighted by molar-refractivity contribution is 7.98. The lowest BCUT2D eigenvalue weighted by Gasteiger charge is -2.41. The Balaban J connectivity index is 1.74. The molecule has 3 rings (SSSR count). The Bertz CT molecular complexity index is 1330. The number of nitrogens with one attached hydrogen (secondary N) is 2. The van der Waals surface area contributed by atoms with Crippen molar-refractivity contribution in [1.29, 1.82) is 0 Å². The quantitative estimate of drug-likeness (QED) is 0.223. The maximum absolute atomic E-state index is 13.6. The Morgan fingerprint density at radius 3 is 2.25 bits per heavy atom. The van der Waals surface area contributed by atoms with Crippen LogP contribution < -0.4 is 10.6 Å². The number of unbranched alkanes of at least 4 members (excludes halogenated alkanes) is 2. The van der Waals surface area contributed by atoms with Crippen molar-refractivity contribution < 1.29 is 31.2 Å². The first-order valence-corrected chi connectivity index (χ1v) is 18.1. The average Bonchev–Trinajstić information content (AvgIpc) is 3.00. The number of amides is 2. The minimum Gasteiger partial charge on any atom is -0.352 e. The molecule has 0 heterocycles. The molecule has 12 heteroatoms. The molecule has 1 fully saturated rings. The first-order chi connectivity index (χ1) is 20.9. The maximum atomic E-state index is 13.6. The molecule has 0 bridgehead atoms. The van der Waals surface area contributed by atoms with Gasteiger partial charge < -0.3 is 15.5 Å². The van der Waals surface area contributed by atoms with Gasteiger partial charge in [-0.3, -0.25) is 9.59 Å². The fourth-order valence-electron chi connectivity index (χ4n) is 5.66. The molecule has 0 radical (unpaired) electrons. The molecule has 1 saturated carbocycles. The highest BCUT2D eigenvalue weighted by Crippen LogP contribution is 2.32. The van der Waals surface area contributed by atoms with Gasteiger partial charge in [-0.05, 0) is 99.8 Å². The molecule has 0 unspecified atom stereocenters. The van der Waals surface area contributed by atoms with Crippen molar-refractivity contribution in [3.05, 3.63) is 59.7 Å². The number of benzene rings is 2. The zero-order valence-electron chi connectivity index (χ0n) is 25.7. The highest BCUT2D eigenvalue weighted by Gasteiger charge is 2.37. The van der Waals surface area contributed by atoms with Crippen molar-refractivity contribution in [2.24, 2.45) is 5.92 Å². The minimum atomic E-state index is -4.60. The summed E-state index contributed by atoms with van der Waals surface area (Å²) in [6.45, 7) is 5.73. The summed E-state index contributed by atoms with van der Waals surface area (Å²) in [6, 6.07) is 10.6. The van der Waals surface area contributed by atoms with Crippen LogP contribution in [0, 0.1) is 5.92 Å². The van der Waals surface area contributed by atoms with Crippen LogP contribution in [0.4, 0.5) is 13.2 Å². The van der Waals surface area contributed by atoms with Gasteiger partial charge in [-0.1, -0.05) is 32.8 Å². The smallest absolute Gasteiger partial charge is 0.352 e. The molecule has 44 heavy (non-hydrogen) atoms. The first-order valence-electron chi connectivity index (χ1n) is 15.2. The van der Waals surface area contributed by atoms with Gasteiger partial charge in [0.25, 0.3) is 5.91 Å². The number of hydrogen-bond acceptors (Lipinski definition) is 6. The van der Waals surface area contributed by atoms with Crippen LogP contribution in [0.2, 0.25) is 0 Å². The summed E-state index contributed by atoms with van der Waals surface area (Å²) in [6.07, 6.45) is 3.54. The number of alkyl halides is 3. The number of rotatable bonds is 15. The van der Waals surface area contributed by atoms with E-state index in [0.717, 1.165) is 68.3 Å². The van der Waals surface area contributed by atoms with E-state index in [1.807, 2.05) is 6.26 Å². The molecular formula is C32H44F3N3O4S2. The minimum absolute atomic E-state index is 0.126. The normalized spacial score (nSPS) is 19.1. The highest BCUT2D eigenvalue weighted by atomic mass is 32.2. The van der Waals surface area contributed by atoms with Gasteiger partial charge in [0.1, 0.15) is 0 Å². The van der Waals surface area contributed by atoms with E-state index in [-0.39, 0.29) is 28.2 Å². The summed E-state index contributed by atoms with van der Waals surface area (Å²) < 4.78 is 66.3. The predicted octanol–water partition coefficient (Wildman–Crippen LogP) is 6.19. The summed E-state index contributed by atoms with van der Waals surface area (Å²) in [4.78, 5) is 29.1. The van der Waals surface area contributed by atoms with E-state index in [1.54, 1.807) is 24.3 Å². The van der Waals surface area contributed by atoms with E-state index in [1.165, 1.54) is 17.8 Å². The molecule has 1 aliphatic rings. The van der Waals surface area contributed by atoms with Crippen molar-refractivity contribution in [3.63, 3.8) is 0 Å². The Kier molecular flexibility index (Phi) is 13.6. The molecule has 1 aliphatic carbocycles. The summed E-state index contributed by atoms with van der Waals surface area (Å²) in [5.74, 6) is -1.80. The van der Waals surface area contributed by atoms with E-state index in [0.29, 0.717) is 12.8 Å². The lowest BCUT2D eigenvalue weighted by Crippen LogP contribution is -2.52. The topological polar surface area (TPSA) is 95.6 Å².